The molecule has 0 bridgehead atoms. The van der Waals surface area contributed by atoms with Gasteiger partial charge in [-0.05, 0) is 32.2 Å². The van der Waals surface area contributed by atoms with Crippen LogP contribution in [0.25, 0.3) is 0 Å². The van der Waals surface area contributed by atoms with Crippen molar-refractivity contribution in [3.63, 3.8) is 0 Å². The van der Waals surface area contributed by atoms with Crippen LogP contribution in [0.4, 0.5) is 0 Å². The van der Waals surface area contributed by atoms with E-state index in [-0.39, 0.29) is 6.10 Å². The maximum absolute atomic E-state index is 10.2. The molecule has 0 saturated heterocycles. The molecule has 16 heavy (non-hydrogen) atoms. The van der Waals surface area contributed by atoms with E-state index in [0.29, 0.717) is 12.0 Å². The number of rotatable bonds is 7. The second-order valence-corrected chi connectivity index (χ2v) is 5.00. The van der Waals surface area contributed by atoms with E-state index in [9.17, 15) is 5.11 Å². The van der Waals surface area contributed by atoms with Crippen LogP contribution in [0.1, 0.15) is 39.5 Å². The third kappa shape index (κ3) is 4.04. The number of aliphatic hydroxyl groups excluding tert-OH is 1. The lowest BCUT2D eigenvalue weighted by atomic mass is 10.00. The molecule has 1 aliphatic carbocycles. The smallest absolute Gasteiger partial charge is 0.0695 e. The summed E-state index contributed by atoms with van der Waals surface area (Å²) in [5, 5.41) is 10.2. The zero-order chi connectivity index (χ0) is 12.0. The Hall–Kier alpha value is -0.120. The number of aliphatic hydroxyl groups is 1. The quantitative estimate of drug-likeness (QED) is 0.723. The number of likely N-dealkylation sites (N-methyl/N-ethyl adjacent to an activating group) is 1. The minimum atomic E-state index is -0.151. The first-order chi connectivity index (χ1) is 7.69. The summed E-state index contributed by atoms with van der Waals surface area (Å²) in [4.78, 5) is 2.31. The van der Waals surface area contributed by atoms with Crippen molar-refractivity contribution in [1.82, 2.24) is 4.90 Å². The highest BCUT2D eigenvalue weighted by Crippen LogP contribution is 2.28. The second kappa shape index (κ2) is 7.25. The van der Waals surface area contributed by atoms with Gasteiger partial charge in [-0.3, -0.25) is 4.90 Å². The van der Waals surface area contributed by atoms with Gasteiger partial charge in [0.25, 0.3) is 0 Å². The maximum atomic E-state index is 10.2. The van der Waals surface area contributed by atoms with Crippen molar-refractivity contribution in [2.24, 2.45) is 5.92 Å². The molecule has 0 radical (unpaired) electrons. The predicted octanol–water partition coefficient (Wildman–Crippen LogP) is 1.89. The monoisotopic (exact) mass is 229 g/mol. The van der Waals surface area contributed by atoms with E-state index in [4.69, 9.17) is 4.74 Å². The molecule has 0 aromatic carbocycles. The minimum Gasteiger partial charge on any atom is -0.392 e. The van der Waals surface area contributed by atoms with Crippen molar-refractivity contribution in [3.8, 4) is 0 Å². The second-order valence-electron chi connectivity index (χ2n) is 5.00. The zero-order valence-corrected chi connectivity index (χ0v) is 11.0. The Labute approximate surface area is 99.8 Å². The molecule has 96 valence electrons. The first-order valence-corrected chi connectivity index (χ1v) is 6.60. The molecule has 0 aromatic rings. The molecule has 1 aliphatic rings. The molecule has 0 spiro atoms. The summed E-state index contributed by atoms with van der Waals surface area (Å²) >= 11 is 0. The maximum Gasteiger partial charge on any atom is 0.0695 e. The van der Waals surface area contributed by atoms with Crippen molar-refractivity contribution in [2.75, 3.05) is 26.8 Å². The van der Waals surface area contributed by atoms with E-state index in [1.165, 1.54) is 25.7 Å². The minimum absolute atomic E-state index is 0.151. The summed E-state index contributed by atoms with van der Waals surface area (Å²) in [6.07, 6.45) is 4.85. The number of ether oxygens (including phenoxy) is 1. The van der Waals surface area contributed by atoms with E-state index in [1.807, 2.05) is 0 Å². The van der Waals surface area contributed by atoms with Crippen LogP contribution in [0.5, 0.6) is 0 Å². The average molecular weight is 229 g/mol. The first kappa shape index (κ1) is 13.9. The van der Waals surface area contributed by atoms with E-state index in [1.54, 1.807) is 7.11 Å². The number of nitrogens with zero attached hydrogens (tertiary/aromatic N) is 1. The highest BCUT2D eigenvalue weighted by atomic mass is 16.5. The Morgan fingerprint density at radius 2 is 2.00 bits per heavy atom. The fourth-order valence-corrected chi connectivity index (χ4v) is 2.70. The Morgan fingerprint density at radius 3 is 2.50 bits per heavy atom. The zero-order valence-electron chi connectivity index (χ0n) is 11.0. The number of methoxy groups -OCH3 is 1. The third-order valence-electron chi connectivity index (χ3n) is 3.80. The van der Waals surface area contributed by atoms with Crippen LogP contribution in [0.15, 0.2) is 0 Å². The Bertz CT molecular complexity index is 181. The van der Waals surface area contributed by atoms with Gasteiger partial charge in [0.05, 0.1) is 12.7 Å². The molecular formula is C13H27NO2. The fourth-order valence-electron chi connectivity index (χ4n) is 2.70. The lowest BCUT2D eigenvalue weighted by Gasteiger charge is -2.31. The molecule has 3 nitrogen and oxygen atoms in total. The molecule has 1 fully saturated rings. The molecule has 1 rings (SSSR count). The van der Waals surface area contributed by atoms with Gasteiger partial charge in [0.1, 0.15) is 0 Å². The third-order valence-corrected chi connectivity index (χ3v) is 3.80. The summed E-state index contributed by atoms with van der Waals surface area (Å²) in [6, 6.07) is 0.394. The van der Waals surface area contributed by atoms with Gasteiger partial charge >= 0.3 is 0 Å². The molecule has 3 heteroatoms. The van der Waals surface area contributed by atoms with Gasteiger partial charge in [-0.25, -0.2) is 0 Å². The Kier molecular flexibility index (Phi) is 6.32. The van der Waals surface area contributed by atoms with Crippen molar-refractivity contribution >= 4 is 0 Å². The van der Waals surface area contributed by atoms with Crippen LogP contribution in [-0.4, -0.2) is 49.0 Å². The van der Waals surface area contributed by atoms with E-state index in [2.05, 4.69) is 18.7 Å². The van der Waals surface area contributed by atoms with Crippen LogP contribution < -0.4 is 0 Å². The van der Waals surface area contributed by atoms with E-state index < -0.39 is 0 Å². The SMILES string of the molecule is CCN(CC(O)C1CCCC1)C(C)COC. The highest BCUT2D eigenvalue weighted by Gasteiger charge is 2.25. The summed E-state index contributed by atoms with van der Waals surface area (Å²) in [5.41, 5.74) is 0. The topological polar surface area (TPSA) is 32.7 Å². The average Bonchev–Trinajstić information content (AvgIpc) is 2.79. The van der Waals surface area contributed by atoms with Crippen LogP contribution >= 0.6 is 0 Å². The molecular weight excluding hydrogens is 202 g/mol. The molecule has 2 unspecified atom stereocenters. The standard InChI is InChI=1S/C13H27NO2/c1-4-14(11(2)10-16-3)9-13(15)12-7-5-6-8-12/h11-13,15H,4-10H2,1-3H3. The molecule has 0 amide bonds. The van der Waals surface area contributed by atoms with Gasteiger partial charge in [-0.15, -0.1) is 0 Å². The van der Waals surface area contributed by atoms with E-state index in [0.717, 1.165) is 19.7 Å². The lowest BCUT2D eigenvalue weighted by molar-refractivity contribution is 0.0330. The number of hydrogen-bond acceptors (Lipinski definition) is 3. The summed E-state index contributed by atoms with van der Waals surface area (Å²) in [6.45, 7) is 6.83. The van der Waals surface area contributed by atoms with Gasteiger partial charge in [-0.1, -0.05) is 19.8 Å². The summed E-state index contributed by atoms with van der Waals surface area (Å²) in [5.74, 6) is 0.531. The van der Waals surface area contributed by atoms with Gasteiger partial charge < -0.3 is 9.84 Å². The van der Waals surface area contributed by atoms with Crippen molar-refractivity contribution in [3.05, 3.63) is 0 Å². The Balaban J connectivity index is 2.35. The highest BCUT2D eigenvalue weighted by molar-refractivity contribution is 4.78. The van der Waals surface area contributed by atoms with Crippen LogP contribution in [-0.2, 0) is 4.74 Å². The lowest BCUT2D eigenvalue weighted by Crippen LogP contribution is -2.42. The Morgan fingerprint density at radius 1 is 1.38 bits per heavy atom. The largest absolute Gasteiger partial charge is 0.392 e. The van der Waals surface area contributed by atoms with Gasteiger partial charge in [0.2, 0.25) is 0 Å². The molecule has 0 heterocycles. The van der Waals surface area contributed by atoms with Crippen LogP contribution in [0.2, 0.25) is 0 Å². The molecule has 2 atom stereocenters. The summed E-state index contributed by atoms with van der Waals surface area (Å²) < 4.78 is 5.17. The van der Waals surface area contributed by atoms with Crippen molar-refractivity contribution in [1.29, 1.82) is 0 Å². The fraction of sp³-hybridized carbons (Fsp3) is 1.00. The molecule has 0 aliphatic heterocycles. The molecule has 0 aromatic heterocycles. The molecule has 1 saturated carbocycles. The van der Waals surface area contributed by atoms with Gasteiger partial charge in [0, 0.05) is 19.7 Å². The predicted molar refractivity (Wildman–Crippen MR) is 66.5 cm³/mol. The normalized spacial score (nSPS) is 21.6. The van der Waals surface area contributed by atoms with Crippen molar-refractivity contribution in [2.45, 2.75) is 51.7 Å². The number of hydrogen-bond donors (Lipinski definition) is 1. The first-order valence-electron chi connectivity index (χ1n) is 6.60. The van der Waals surface area contributed by atoms with Gasteiger partial charge in [-0.2, -0.15) is 0 Å². The van der Waals surface area contributed by atoms with Crippen molar-refractivity contribution < 1.29 is 9.84 Å². The summed E-state index contributed by atoms with van der Waals surface area (Å²) in [7, 11) is 1.73. The van der Waals surface area contributed by atoms with Crippen LogP contribution in [0, 0.1) is 5.92 Å². The van der Waals surface area contributed by atoms with E-state index >= 15 is 0 Å². The van der Waals surface area contributed by atoms with Crippen LogP contribution in [0.3, 0.4) is 0 Å². The molecule has 1 N–H and O–H groups in total. The van der Waals surface area contributed by atoms with Gasteiger partial charge in [0.15, 0.2) is 0 Å².